The second-order valence-corrected chi connectivity index (χ2v) is 4.29. The van der Waals surface area contributed by atoms with Gasteiger partial charge in [0.2, 0.25) is 0 Å². The highest BCUT2D eigenvalue weighted by atomic mass is 19.4. The number of alkyl halides is 3. The average molecular weight is 301 g/mol. The van der Waals surface area contributed by atoms with Crippen molar-refractivity contribution in [1.29, 1.82) is 0 Å². The quantitative estimate of drug-likeness (QED) is 0.695. The lowest BCUT2D eigenvalue weighted by Crippen LogP contribution is -2.10. The Morgan fingerprint density at radius 1 is 1.29 bits per heavy atom. The molecule has 0 aliphatic heterocycles. The summed E-state index contributed by atoms with van der Waals surface area (Å²) in [7, 11) is 0. The zero-order chi connectivity index (χ0) is 15.6. The van der Waals surface area contributed by atoms with Gasteiger partial charge in [-0.25, -0.2) is 0 Å². The van der Waals surface area contributed by atoms with Gasteiger partial charge in [-0.05, 0) is 22.6 Å². The fraction of sp³-hybridized carbons (Fsp3) is 0.250. The Labute approximate surface area is 116 Å². The Kier molecular flexibility index (Phi) is 3.94. The molecule has 112 valence electrons. The van der Waals surface area contributed by atoms with E-state index in [-0.39, 0.29) is 17.9 Å². The summed E-state index contributed by atoms with van der Waals surface area (Å²) in [6.07, 6.45) is -4.25. The molecule has 0 amide bonds. The van der Waals surface area contributed by atoms with Crippen molar-refractivity contribution in [2.24, 2.45) is 0 Å². The van der Waals surface area contributed by atoms with E-state index in [2.05, 4.69) is 5.10 Å². The molecule has 0 saturated heterocycles. The molecule has 1 atom stereocenters. The first-order chi connectivity index (χ1) is 9.77. The molecule has 1 aromatic heterocycles. The number of nitrogens with zero attached hydrogens (tertiary/aromatic N) is 3. The van der Waals surface area contributed by atoms with Crippen LogP contribution in [0.15, 0.2) is 36.5 Å². The van der Waals surface area contributed by atoms with E-state index in [9.17, 15) is 28.4 Å². The number of aliphatic hydroxyl groups excluding tert-OH is 1. The van der Waals surface area contributed by atoms with Crippen molar-refractivity contribution in [3.05, 3.63) is 57.8 Å². The lowest BCUT2D eigenvalue weighted by Gasteiger charge is -2.11. The number of hydrogen-bond acceptors (Lipinski definition) is 4. The second-order valence-electron chi connectivity index (χ2n) is 4.29. The molecule has 1 aromatic carbocycles. The standard InChI is InChI=1S/C12H10F3N3O3/c13-12(14,15)9-3-1-8(2-4-9)10(19)7-17-6-5-11(16-17)18(20)21/h1-6,10,19H,7H2. The van der Waals surface area contributed by atoms with E-state index in [0.717, 1.165) is 28.9 Å². The molecule has 0 aliphatic carbocycles. The van der Waals surface area contributed by atoms with Gasteiger partial charge in [-0.2, -0.15) is 17.9 Å². The summed E-state index contributed by atoms with van der Waals surface area (Å²) < 4.78 is 38.4. The molecule has 0 fully saturated rings. The number of aliphatic hydroxyl groups is 1. The first kappa shape index (κ1) is 15.0. The summed E-state index contributed by atoms with van der Waals surface area (Å²) in [4.78, 5) is 9.78. The molecule has 1 N–H and O–H groups in total. The van der Waals surface area contributed by atoms with Gasteiger partial charge >= 0.3 is 12.0 Å². The van der Waals surface area contributed by atoms with Gasteiger partial charge in [-0.15, -0.1) is 0 Å². The van der Waals surface area contributed by atoms with Gasteiger partial charge in [-0.1, -0.05) is 12.1 Å². The normalized spacial score (nSPS) is 13.1. The van der Waals surface area contributed by atoms with Gasteiger partial charge < -0.3 is 15.2 Å². The molecule has 2 aromatic rings. The summed E-state index contributed by atoms with van der Waals surface area (Å²) >= 11 is 0. The van der Waals surface area contributed by atoms with E-state index in [4.69, 9.17) is 0 Å². The van der Waals surface area contributed by atoms with Gasteiger partial charge in [0.15, 0.2) is 0 Å². The lowest BCUT2D eigenvalue weighted by atomic mass is 10.1. The van der Waals surface area contributed by atoms with Crippen molar-refractivity contribution in [1.82, 2.24) is 9.78 Å². The smallest absolute Gasteiger partial charge is 0.386 e. The third-order valence-corrected chi connectivity index (χ3v) is 2.80. The maximum Gasteiger partial charge on any atom is 0.416 e. The maximum atomic E-state index is 12.4. The van der Waals surface area contributed by atoms with Crippen molar-refractivity contribution in [2.45, 2.75) is 18.8 Å². The van der Waals surface area contributed by atoms with E-state index >= 15 is 0 Å². The van der Waals surface area contributed by atoms with Crippen LogP contribution in [0.4, 0.5) is 19.0 Å². The topological polar surface area (TPSA) is 81.2 Å². The van der Waals surface area contributed by atoms with Crippen LogP contribution in [-0.2, 0) is 12.7 Å². The van der Waals surface area contributed by atoms with Crippen molar-refractivity contribution < 1.29 is 23.2 Å². The molecule has 0 saturated carbocycles. The molecular formula is C12H10F3N3O3. The van der Waals surface area contributed by atoms with E-state index in [0.29, 0.717) is 0 Å². The molecule has 6 nitrogen and oxygen atoms in total. The molecule has 2 rings (SSSR count). The summed E-state index contributed by atoms with van der Waals surface area (Å²) in [6.45, 7) is -0.0980. The van der Waals surface area contributed by atoms with Crippen molar-refractivity contribution in [2.75, 3.05) is 0 Å². The molecule has 1 unspecified atom stereocenters. The Bertz CT molecular complexity index is 637. The van der Waals surface area contributed by atoms with Gasteiger partial charge in [0.25, 0.3) is 0 Å². The number of nitro groups is 1. The Hall–Kier alpha value is -2.42. The van der Waals surface area contributed by atoms with Crippen molar-refractivity contribution >= 4 is 5.82 Å². The number of hydrogen-bond donors (Lipinski definition) is 1. The van der Waals surface area contributed by atoms with E-state index in [1.807, 2.05) is 0 Å². The number of benzene rings is 1. The van der Waals surface area contributed by atoms with Crippen LogP contribution in [0.5, 0.6) is 0 Å². The SMILES string of the molecule is O=[N+]([O-])c1ccn(CC(O)c2ccc(C(F)(F)F)cc2)n1. The molecule has 21 heavy (non-hydrogen) atoms. The maximum absolute atomic E-state index is 12.4. The minimum absolute atomic E-state index is 0.0980. The van der Waals surface area contributed by atoms with Crippen LogP contribution >= 0.6 is 0 Å². The molecule has 9 heteroatoms. The second kappa shape index (κ2) is 5.52. The molecular weight excluding hydrogens is 291 g/mol. The minimum atomic E-state index is -4.44. The van der Waals surface area contributed by atoms with Crippen LogP contribution < -0.4 is 0 Å². The van der Waals surface area contributed by atoms with Crippen LogP contribution in [-0.4, -0.2) is 19.8 Å². The van der Waals surface area contributed by atoms with E-state index < -0.39 is 22.8 Å². The van der Waals surface area contributed by atoms with Gasteiger partial charge in [-0.3, -0.25) is 0 Å². The van der Waals surface area contributed by atoms with Crippen LogP contribution in [0, 0.1) is 10.1 Å². The van der Waals surface area contributed by atoms with Crippen LogP contribution in [0.3, 0.4) is 0 Å². The van der Waals surface area contributed by atoms with Gasteiger partial charge in [0.1, 0.15) is 6.10 Å². The highest BCUT2D eigenvalue weighted by Gasteiger charge is 2.30. The highest BCUT2D eigenvalue weighted by Crippen LogP contribution is 2.30. The number of aromatic nitrogens is 2. The monoisotopic (exact) mass is 301 g/mol. The predicted molar refractivity (Wildman–Crippen MR) is 65.3 cm³/mol. The van der Waals surface area contributed by atoms with E-state index in [1.54, 1.807) is 0 Å². The summed E-state index contributed by atoms with van der Waals surface area (Å²) in [5, 5.41) is 24.0. The first-order valence-electron chi connectivity index (χ1n) is 5.80. The third-order valence-electron chi connectivity index (χ3n) is 2.80. The Morgan fingerprint density at radius 2 is 1.90 bits per heavy atom. The third kappa shape index (κ3) is 3.57. The fourth-order valence-electron chi connectivity index (χ4n) is 1.73. The molecule has 0 bridgehead atoms. The summed E-state index contributed by atoms with van der Waals surface area (Å²) in [5.41, 5.74) is -0.547. The Balaban J connectivity index is 2.09. The van der Waals surface area contributed by atoms with Crippen LogP contribution in [0.2, 0.25) is 0 Å². The summed E-state index contributed by atoms with van der Waals surface area (Å²) in [6, 6.07) is 5.21. The van der Waals surface area contributed by atoms with E-state index in [1.165, 1.54) is 12.3 Å². The average Bonchev–Trinajstić information content (AvgIpc) is 2.86. The molecule has 0 radical (unpaired) electrons. The molecule has 0 aliphatic rings. The summed E-state index contributed by atoms with van der Waals surface area (Å²) in [5.74, 6) is -0.366. The number of rotatable bonds is 4. The van der Waals surface area contributed by atoms with Crippen molar-refractivity contribution in [3.63, 3.8) is 0 Å². The zero-order valence-corrected chi connectivity index (χ0v) is 10.5. The van der Waals surface area contributed by atoms with Crippen LogP contribution in [0.25, 0.3) is 0 Å². The number of halogens is 3. The zero-order valence-electron chi connectivity index (χ0n) is 10.5. The first-order valence-corrected chi connectivity index (χ1v) is 5.80. The molecule has 1 heterocycles. The van der Waals surface area contributed by atoms with Gasteiger partial charge in [0, 0.05) is 0 Å². The molecule has 0 spiro atoms. The van der Waals surface area contributed by atoms with Crippen molar-refractivity contribution in [3.8, 4) is 0 Å². The van der Waals surface area contributed by atoms with Crippen LogP contribution in [0.1, 0.15) is 17.2 Å². The lowest BCUT2D eigenvalue weighted by molar-refractivity contribution is -0.389. The largest absolute Gasteiger partial charge is 0.416 e. The Morgan fingerprint density at radius 3 is 2.38 bits per heavy atom. The van der Waals surface area contributed by atoms with Gasteiger partial charge in [0.05, 0.1) is 29.5 Å². The fourth-order valence-corrected chi connectivity index (χ4v) is 1.73. The minimum Gasteiger partial charge on any atom is -0.386 e. The predicted octanol–water partition coefficient (Wildman–Crippen LogP) is 2.54. The highest BCUT2D eigenvalue weighted by molar-refractivity contribution is 5.26.